The van der Waals surface area contributed by atoms with Gasteiger partial charge < -0.3 is 4.74 Å². The van der Waals surface area contributed by atoms with Crippen LogP contribution in [0.25, 0.3) is 10.8 Å². The molecule has 0 fully saturated rings. The first-order chi connectivity index (χ1) is 27.1. The van der Waals surface area contributed by atoms with E-state index in [9.17, 15) is 13.2 Å². The number of alkyl halides is 4. The van der Waals surface area contributed by atoms with Crippen molar-refractivity contribution >= 4 is 53.2 Å². The fraction of sp³-hybridized carbons (Fsp3) is 0.529. The Kier molecular flexibility index (Phi) is 15.6. The lowest BCUT2D eigenvalue weighted by atomic mass is 9.43. The molecule has 5 unspecified atom stereocenters. The molecule has 0 aromatic heterocycles. The van der Waals surface area contributed by atoms with Crippen LogP contribution in [0, 0.1) is 34.0 Å². The number of fused-ring (bicyclic) bond motifs is 1. The first-order valence-electron chi connectivity index (χ1n) is 20.8. The fourth-order valence-corrected chi connectivity index (χ4v) is 9.84. The number of benzene rings is 4. The van der Waals surface area contributed by atoms with Gasteiger partial charge >= 0.3 is 5.51 Å². The van der Waals surface area contributed by atoms with Gasteiger partial charge in [-0.2, -0.15) is 13.2 Å². The maximum Gasteiger partial charge on any atom is 0.456 e. The molecule has 0 heterocycles. The zero-order valence-electron chi connectivity index (χ0n) is 37.4. The van der Waals surface area contributed by atoms with Crippen LogP contribution in [0.3, 0.4) is 0 Å². The second kappa shape index (κ2) is 18.8. The molecular formula is C51H66BF3INOS. The Labute approximate surface area is 374 Å². The molecule has 4 rings (SSSR count). The van der Waals surface area contributed by atoms with Gasteiger partial charge in [0, 0.05) is 21.9 Å². The van der Waals surface area contributed by atoms with Crippen LogP contribution in [0.2, 0.25) is 5.31 Å². The number of nitrogens with one attached hydrogen (secondary N) is 1. The SMILES string of the molecule is [B]C(C)(C(CC(C)(C)C(C)(I)C(CC(C)(C)C)c1ccc(CNSC(F)(F)F)cc1)c1ccc2ccccc2c1)C(C)(C)CC(c1ccc(OCC#C)cc1)C(C)(C)C. The van der Waals surface area contributed by atoms with Crippen molar-refractivity contribution in [2.75, 3.05) is 6.61 Å². The molecule has 4 aromatic rings. The van der Waals surface area contributed by atoms with E-state index in [4.69, 9.17) is 19.0 Å². The maximum absolute atomic E-state index is 12.8. The molecule has 5 atom stereocenters. The average molecular weight is 936 g/mol. The van der Waals surface area contributed by atoms with Gasteiger partial charge in [-0.3, -0.25) is 4.72 Å². The molecule has 0 aliphatic rings. The average Bonchev–Trinajstić information content (AvgIpc) is 3.13. The number of hydrogen-bond donors (Lipinski definition) is 1. The third kappa shape index (κ3) is 12.7. The first kappa shape index (κ1) is 49.1. The zero-order chi connectivity index (χ0) is 44.2. The summed E-state index contributed by atoms with van der Waals surface area (Å²) in [5, 5.41) is 1.75. The Balaban J connectivity index is 1.78. The molecule has 0 saturated carbocycles. The van der Waals surface area contributed by atoms with Crippen LogP contribution in [-0.4, -0.2) is 23.4 Å². The van der Waals surface area contributed by atoms with E-state index in [1.165, 1.54) is 27.5 Å². The lowest BCUT2D eigenvalue weighted by Gasteiger charge is -2.55. The van der Waals surface area contributed by atoms with Crippen LogP contribution in [0.15, 0.2) is 91.0 Å². The lowest BCUT2D eigenvalue weighted by Crippen LogP contribution is -2.46. The van der Waals surface area contributed by atoms with E-state index >= 15 is 0 Å². The Morgan fingerprint density at radius 2 is 1.20 bits per heavy atom. The Hall–Kier alpha value is -2.61. The molecule has 2 radical (unpaired) electrons. The smallest absolute Gasteiger partial charge is 0.456 e. The third-order valence-electron chi connectivity index (χ3n) is 13.1. The summed E-state index contributed by atoms with van der Waals surface area (Å²) >= 11 is 2.52. The van der Waals surface area contributed by atoms with Gasteiger partial charge in [-0.15, -0.1) is 6.42 Å². The highest BCUT2D eigenvalue weighted by molar-refractivity contribution is 14.1. The van der Waals surface area contributed by atoms with E-state index in [1.807, 2.05) is 24.3 Å². The molecule has 0 saturated heterocycles. The van der Waals surface area contributed by atoms with Crippen LogP contribution >= 0.6 is 34.5 Å². The zero-order valence-corrected chi connectivity index (χ0v) is 40.4. The van der Waals surface area contributed by atoms with Gasteiger partial charge in [0.25, 0.3) is 0 Å². The first-order valence-corrected chi connectivity index (χ1v) is 22.7. The fourth-order valence-electron chi connectivity index (χ4n) is 8.63. The molecule has 1 N–H and O–H groups in total. The predicted molar refractivity (Wildman–Crippen MR) is 257 cm³/mol. The molecule has 4 aromatic carbocycles. The monoisotopic (exact) mass is 935 g/mol. The van der Waals surface area contributed by atoms with E-state index in [2.05, 4.69) is 183 Å². The van der Waals surface area contributed by atoms with Gasteiger partial charge in [-0.1, -0.05) is 189 Å². The number of rotatable bonds is 17. The molecule has 2 nitrogen and oxygen atoms in total. The minimum absolute atomic E-state index is 0.0128. The summed E-state index contributed by atoms with van der Waals surface area (Å²) < 4.78 is 46.4. The summed E-state index contributed by atoms with van der Waals surface area (Å²) in [7, 11) is 7.97. The molecular weight excluding hydrogens is 869 g/mol. The predicted octanol–water partition coefficient (Wildman–Crippen LogP) is 15.6. The van der Waals surface area contributed by atoms with Crippen molar-refractivity contribution in [3.63, 3.8) is 0 Å². The largest absolute Gasteiger partial charge is 0.481 e. The van der Waals surface area contributed by atoms with E-state index in [0.29, 0.717) is 0 Å². The minimum atomic E-state index is -4.33. The normalized spacial score (nSPS) is 16.7. The number of terminal acetylenes is 1. The number of hydrogen-bond acceptors (Lipinski definition) is 3. The van der Waals surface area contributed by atoms with Gasteiger partial charge in [0.05, 0.1) is 7.85 Å². The molecule has 0 spiro atoms. The quantitative estimate of drug-likeness (QED) is 0.0375. The van der Waals surface area contributed by atoms with E-state index in [-0.39, 0.29) is 67.9 Å². The third-order valence-corrected chi connectivity index (χ3v) is 15.8. The Morgan fingerprint density at radius 1 is 0.678 bits per heavy atom. The summed E-state index contributed by atoms with van der Waals surface area (Å²) in [4.78, 5) is 0. The van der Waals surface area contributed by atoms with Gasteiger partial charge in [0.1, 0.15) is 12.4 Å². The molecule has 318 valence electrons. The van der Waals surface area contributed by atoms with Gasteiger partial charge in [-0.25, -0.2) is 0 Å². The standard InChI is InChI=1S/C51H66BF3INOS/c1-14-29-58-41-27-25-37(26-28-41)42(46(5,6)7)32-47(8,9)49(12,52)43(40-24-23-36-17-15-16-18-39(36)30-40)33-48(10,11)50(13,56)44(31-45(2,3)4)38-21-19-35(20-22-38)34-57-59-51(53,54)55/h1,15-28,30,42-44,57H,29,31-34H2,2-13H3. The molecule has 0 aliphatic heterocycles. The van der Waals surface area contributed by atoms with Crippen LogP contribution in [0.1, 0.15) is 142 Å². The van der Waals surface area contributed by atoms with Crippen molar-refractivity contribution in [1.29, 1.82) is 0 Å². The van der Waals surface area contributed by atoms with Gasteiger partial charge in [0.15, 0.2) is 0 Å². The van der Waals surface area contributed by atoms with E-state index in [1.54, 1.807) is 0 Å². The van der Waals surface area contributed by atoms with Gasteiger partial charge in [0.2, 0.25) is 0 Å². The maximum atomic E-state index is 12.8. The van der Waals surface area contributed by atoms with Crippen molar-refractivity contribution in [2.24, 2.45) is 21.7 Å². The van der Waals surface area contributed by atoms with Crippen LogP contribution in [-0.2, 0) is 6.54 Å². The molecule has 0 aliphatic carbocycles. The second-order valence-electron chi connectivity index (χ2n) is 20.6. The summed E-state index contributed by atoms with van der Waals surface area (Å²) in [5.74, 6) is 3.67. The Morgan fingerprint density at radius 3 is 1.75 bits per heavy atom. The Bertz CT molecular complexity index is 2020. The molecule has 8 heteroatoms. The van der Waals surface area contributed by atoms with Crippen molar-refractivity contribution in [2.45, 2.75) is 141 Å². The van der Waals surface area contributed by atoms with Crippen molar-refractivity contribution in [3.05, 3.63) is 113 Å². The summed E-state index contributed by atoms with van der Waals surface area (Å²) in [6, 6.07) is 32.0. The molecule has 59 heavy (non-hydrogen) atoms. The lowest BCUT2D eigenvalue weighted by molar-refractivity contribution is -0.0336. The van der Waals surface area contributed by atoms with E-state index < -0.39 is 10.8 Å². The van der Waals surface area contributed by atoms with E-state index in [0.717, 1.165) is 30.6 Å². The topological polar surface area (TPSA) is 21.3 Å². The molecule has 0 bridgehead atoms. The summed E-state index contributed by atoms with van der Waals surface area (Å²) in [6.45, 7) is 28.3. The highest BCUT2D eigenvalue weighted by Crippen LogP contribution is 2.64. The van der Waals surface area contributed by atoms with Crippen molar-refractivity contribution in [3.8, 4) is 18.1 Å². The second-order valence-corrected chi connectivity index (χ2v) is 23.8. The summed E-state index contributed by atoms with van der Waals surface area (Å²) in [6.07, 6.45) is 8.09. The van der Waals surface area contributed by atoms with Crippen molar-refractivity contribution in [1.82, 2.24) is 4.72 Å². The van der Waals surface area contributed by atoms with Gasteiger partial charge in [-0.05, 0) is 111 Å². The van der Waals surface area contributed by atoms with Crippen LogP contribution in [0.4, 0.5) is 13.2 Å². The highest BCUT2D eigenvalue weighted by atomic mass is 127. The number of halogens is 4. The van der Waals surface area contributed by atoms with Crippen LogP contribution in [0.5, 0.6) is 5.75 Å². The number of ether oxygens (including phenoxy) is 1. The summed E-state index contributed by atoms with van der Waals surface area (Å²) in [5.41, 5.74) is -0.414. The minimum Gasteiger partial charge on any atom is -0.481 e. The van der Waals surface area contributed by atoms with Crippen molar-refractivity contribution < 1.29 is 17.9 Å². The highest BCUT2D eigenvalue weighted by Gasteiger charge is 2.52. The van der Waals surface area contributed by atoms with Crippen LogP contribution < -0.4 is 9.46 Å². The molecule has 0 amide bonds.